The lowest BCUT2D eigenvalue weighted by molar-refractivity contribution is -0.186. The Balaban J connectivity index is 1.76. The van der Waals surface area contributed by atoms with E-state index in [1.54, 1.807) is 0 Å². The second-order valence-corrected chi connectivity index (χ2v) is 5.24. The minimum absolute atomic E-state index is 0.116. The summed E-state index contributed by atoms with van der Waals surface area (Å²) in [6.07, 6.45) is -1.49. The number of hydrogen-bond donors (Lipinski definition) is 1. The number of nitrogens with zero attached hydrogens (tertiary/aromatic N) is 1. The second-order valence-electron chi connectivity index (χ2n) is 5.24. The van der Waals surface area contributed by atoms with E-state index in [4.69, 9.17) is 0 Å². The fourth-order valence-electron chi connectivity index (χ4n) is 2.26. The molecule has 94 valence electrons. The minimum atomic E-state index is -4.02. The summed E-state index contributed by atoms with van der Waals surface area (Å²) in [5.41, 5.74) is -1.39. The van der Waals surface area contributed by atoms with E-state index in [0.717, 1.165) is 25.9 Å². The van der Waals surface area contributed by atoms with Gasteiger partial charge in [0.05, 0.1) is 5.41 Å². The van der Waals surface area contributed by atoms with E-state index in [2.05, 4.69) is 10.2 Å². The molecule has 1 saturated heterocycles. The van der Waals surface area contributed by atoms with Crippen LogP contribution < -0.4 is 5.32 Å². The number of nitrogens with one attached hydrogen (secondary N) is 1. The first-order valence-electron chi connectivity index (χ1n) is 5.92. The van der Waals surface area contributed by atoms with Crippen LogP contribution in [0.25, 0.3) is 0 Å². The summed E-state index contributed by atoms with van der Waals surface area (Å²) in [5.74, 6) is 0. The Morgan fingerprint density at radius 3 is 2.25 bits per heavy atom. The van der Waals surface area contributed by atoms with Gasteiger partial charge in [-0.25, -0.2) is 0 Å². The zero-order valence-corrected chi connectivity index (χ0v) is 9.61. The average Bonchev–Trinajstić information content (AvgIpc) is 2.97. The van der Waals surface area contributed by atoms with Gasteiger partial charge in [0.2, 0.25) is 0 Å². The molecule has 2 fully saturated rings. The van der Waals surface area contributed by atoms with Crippen molar-refractivity contribution in [3.63, 3.8) is 0 Å². The van der Waals surface area contributed by atoms with Gasteiger partial charge in [0.15, 0.2) is 0 Å². The lowest BCUT2D eigenvalue weighted by Crippen LogP contribution is -2.45. The molecule has 0 aromatic rings. The van der Waals surface area contributed by atoms with Crippen molar-refractivity contribution in [2.24, 2.45) is 5.41 Å². The van der Waals surface area contributed by atoms with Gasteiger partial charge < -0.3 is 10.2 Å². The van der Waals surface area contributed by atoms with E-state index in [1.807, 2.05) is 7.05 Å². The molecule has 0 atom stereocenters. The predicted octanol–water partition coefficient (Wildman–Crippen LogP) is 2.01. The van der Waals surface area contributed by atoms with Crippen molar-refractivity contribution >= 4 is 0 Å². The number of halogens is 3. The summed E-state index contributed by atoms with van der Waals surface area (Å²) in [7, 11) is 2.05. The molecule has 0 spiro atoms. The molecule has 16 heavy (non-hydrogen) atoms. The highest BCUT2D eigenvalue weighted by Crippen LogP contribution is 2.57. The van der Waals surface area contributed by atoms with E-state index < -0.39 is 11.6 Å². The van der Waals surface area contributed by atoms with Crippen LogP contribution in [0.2, 0.25) is 0 Å². The van der Waals surface area contributed by atoms with E-state index in [0.29, 0.717) is 12.8 Å². The molecule has 0 unspecified atom stereocenters. The fourth-order valence-corrected chi connectivity index (χ4v) is 2.26. The maximum atomic E-state index is 12.7. The van der Waals surface area contributed by atoms with Gasteiger partial charge >= 0.3 is 6.18 Å². The molecule has 1 heterocycles. The number of hydrogen-bond acceptors (Lipinski definition) is 2. The van der Waals surface area contributed by atoms with Crippen molar-refractivity contribution in [3.8, 4) is 0 Å². The van der Waals surface area contributed by atoms with Crippen molar-refractivity contribution < 1.29 is 13.2 Å². The minimum Gasteiger partial charge on any atom is -0.313 e. The molecule has 5 heteroatoms. The number of alkyl halides is 3. The highest BCUT2D eigenvalue weighted by Gasteiger charge is 2.62. The lowest BCUT2D eigenvalue weighted by Gasteiger charge is -2.31. The Labute approximate surface area is 94.2 Å². The van der Waals surface area contributed by atoms with Crippen LogP contribution in [0.5, 0.6) is 0 Å². The van der Waals surface area contributed by atoms with Crippen LogP contribution in [-0.2, 0) is 0 Å². The zero-order valence-electron chi connectivity index (χ0n) is 9.61. The Morgan fingerprint density at radius 1 is 1.25 bits per heavy atom. The second kappa shape index (κ2) is 4.18. The third-order valence-electron chi connectivity index (χ3n) is 3.90. The van der Waals surface area contributed by atoms with Gasteiger partial charge in [-0.3, -0.25) is 0 Å². The summed E-state index contributed by atoms with van der Waals surface area (Å²) in [6, 6.07) is 0.274. The predicted molar refractivity (Wildman–Crippen MR) is 56.2 cm³/mol. The van der Waals surface area contributed by atoms with Crippen molar-refractivity contribution in [2.75, 3.05) is 26.7 Å². The van der Waals surface area contributed by atoms with E-state index in [1.165, 1.54) is 0 Å². The molecule has 2 aliphatic rings. The molecule has 0 aromatic heterocycles. The molecule has 1 aliphatic carbocycles. The summed E-state index contributed by atoms with van der Waals surface area (Å²) >= 11 is 0. The quantitative estimate of drug-likeness (QED) is 0.806. The van der Waals surface area contributed by atoms with Gasteiger partial charge in [0, 0.05) is 12.6 Å². The van der Waals surface area contributed by atoms with Gasteiger partial charge in [-0.1, -0.05) is 0 Å². The van der Waals surface area contributed by atoms with Crippen LogP contribution in [-0.4, -0.2) is 43.8 Å². The summed E-state index contributed by atoms with van der Waals surface area (Å²) in [4.78, 5) is 2.22. The number of likely N-dealkylation sites (tertiary alicyclic amines) is 1. The van der Waals surface area contributed by atoms with Crippen LogP contribution in [0.15, 0.2) is 0 Å². The van der Waals surface area contributed by atoms with Crippen LogP contribution in [0.1, 0.15) is 25.7 Å². The Bertz CT molecular complexity index is 240. The van der Waals surface area contributed by atoms with Gasteiger partial charge in [0.1, 0.15) is 0 Å². The molecule has 1 saturated carbocycles. The molecule has 2 rings (SSSR count). The van der Waals surface area contributed by atoms with Crippen molar-refractivity contribution in [2.45, 2.75) is 37.9 Å². The fraction of sp³-hybridized carbons (Fsp3) is 1.00. The van der Waals surface area contributed by atoms with Crippen LogP contribution >= 0.6 is 0 Å². The Morgan fingerprint density at radius 2 is 1.81 bits per heavy atom. The molecule has 0 aromatic carbocycles. The first kappa shape index (κ1) is 12.2. The highest BCUT2D eigenvalue weighted by atomic mass is 19.4. The maximum Gasteiger partial charge on any atom is 0.395 e. The van der Waals surface area contributed by atoms with E-state index in [-0.39, 0.29) is 12.6 Å². The largest absolute Gasteiger partial charge is 0.395 e. The normalized spacial score (nSPS) is 27.0. The lowest BCUT2D eigenvalue weighted by atomic mass is 10.0. The van der Waals surface area contributed by atoms with Gasteiger partial charge in [-0.05, 0) is 45.8 Å². The summed E-state index contributed by atoms with van der Waals surface area (Å²) < 4.78 is 38.0. The molecule has 0 radical (unpaired) electrons. The maximum absolute atomic E-state index is 12.7. The van der Waals surface area contributed by atoms with Crippen molar-refractivity contribution in [1.29, 1.82) is 0 Å². The summed E-state index contributed by atoms with van der Waals surface area (Å²) in [5, 5.41) is 3.10. The Hall–Kier alpha value is -0.290. The molecule has 0 amide bonds. The molecule has 2 nitrogen and oxygen atoms in total. The average molecular weight is 236 g/mol. The monoisotopic (exact) mass is 236 g/mol. The first-order valence-corrected chi connectivity index (χ1v) is 5.92. The molecule has 1 aliphatic heterocycles. The molecule has 1 N–H and O–H groups in total. The number of piperidine rings is 1. The number of rotatable bonds is 3. The van der Waals surface area contributed by atoms with Crippen LogP contribution in [0, 0.1) is 5.41 Å². The molecule has 0 bridgehead atoms. The van der Waals surface area contributed by atoms with Gasteiger partial charge in [0.25, 0.3) is 0 Å². The van der Waals surface area contributed by atoms with E-state index in [9.17, 15) is 13.2 Å². The van der Waals surface area contributed by atoms with Crippen molar-refractivity contribution in [1.82, 2.24) is 10.2 Å². The first-order chi connectivity index (χ1) is 7.43. The summed E-state index contributed by atoms with van der Waals surface area (Å²) in [6.45, 7) is 2.08. The van der Waals surface area contributed by atoms with Crippen LogP contribution in [0.4, 0.5) is 13.2 Å². The van der Waals surface area contributed by atoms with Gasteiger partial charge in [-0.2, -0.15) is 13.2 Å². The van der Waals surface area contributed by atoms with Crippen molar-refractivity contribution in [3.05, 3.63) is 0 Å². The topological polar surface area (TPSA) is 15.3 Å². The molecular formula is C11H19F3N2. The zero-order chi connectivity index (χ0) is 11.8. The van der Waals surface area contributed by atoms with E-state index >= 15 is 0 Å². The van der Waals surface area contributed by atoms with Gasteiger partial charge in [-0.15, -0.1) is 0 Å². The van der Waals surface area contributed by atoms with Crippen LogP contribution in [0.3, 0.4) is 0 Å². The highest BCUT2D eigenvalue weighted by molar-refractivity contribution is 5.01. The SMILES string of the molecule is CN1CCC(NCC2(C(F)(F)F)CC2)CC1. The third kappa shape index (κ3) is 2.51. The molecular weight excluding hydrogens is 217 g/mol. The Kier molecular flexibility index (Phi) is 3.18. The standard InChI is InChI=1S/C11H19F3N2/c1-16-6-2-9(3-7-16)15-8-10(4-5-10)11(12,13)14/h9,15H,2-8H2,1H3. The smallest absolute Gasteiger partial charge is 0.313 e. The third-order valence-corrected chi connectivity index (χ3v) is 3.90.